The van der Waals surface area contributed by atoms with Crippen LogP contribution in [0, 0.1) is 5.92 Å². The van der Waals surface area contributed by atoms with Crippen LogP contribution in [0.15, 0.2) is 78.1 Å². The molecule has 0 bridgehead atoms. The Morgan fingerprint density at radius 2 is 1.91 bits per heavy atom. The van der Waals surface area contributed by atoms with Gasteiger partial charge in [-0.1, -0.05) is 54.6 Å². The Labute approximate surface area is 129 Å². The van der Waals surface area contributed by atoms with E-state index < -0.39 is 17.5 Å². The molecule has 1 aromatic rings. The molecule has 22 heavy (non-hydrogen) atoms. The first-order chi connectivity index (χ1) is 10.5. The summed E-state index contributed by atoms with van der Waals surface area (Å²) in [6.07, 6.45) is 8.97. The van der Waals surface area contributed by atoms with Gasteiger partial charge in [-0.25, -0.2) is 4.79 Å². The standard InChI is InChI=1S/C18H18O4/c1-2-6-15-13(10-12-17(20)21)9-11-16(19)18(15,22)14-7-4-3-5-8-14/h2-12,15,19,22H,1H3,(H,20,21). The molecule has 0 fully saturated rings. The van der Waals surface area contributed by atoms with E-state index in [0.29, 0.717) is 11.1 Å². The summed E-state index contributed by atoms with van der Waals surface area (Å²) in [7, 11) is 0. The molecule has 2 atom stereocenters. The Balaban J connectivity index is 2.56. The highest BCUT2D eigenvalue weighted by molar-refractivity contribution is 5.80. The highest BCUT2D eigenvalue weighted by Gasteiger charge is 2.43. The van der Waals surface area contributed by atoms with Crippen molar-refractivity contribution in [2.24, 2.45) is 5.92 Å². The number of hydrogen-bond donors (Lipinski definition) is 3. The molecule has 0 aromatic heterocycles. The zero-order valence-electron chi connectivity index (χ0n) is 12.2. The van der Waals surface area contributed by atoms with Crippen molar-refractivity contribution in [1.29, 1.82) is 0 Å². The quantitative estimate of drug-likeness (QED) is 0.589. The van der Waals surface area contributed by atoms with Crippen molar-refractivity contribution in [3.63, 3.8) is 0 Å². The molecule has 0 aliphatic heterocycles. The van der Waals surface area contributed by atoms with Crippen LogP contribution in [0.5, 0.6) is 0 Å². The highest BCUT2D eigenvalue weighted by Crippen LogP contribution is 2.43. The van der Waals surface area contributed by atoms with Gasteiger partial charge in [-0.3, -0.25) is 0 Å². The van der Waals surface area contributed by atoms with Crippen molar-refractivity contribution in [2.75, 3.05) is 0 Å². The van der Waals surface area contributed by atoms with E-state index in [0.717, 1.165) is 6.08 Å². The molecule has 0 saturated heterocycles. The van der Waals surface area contributed by atoms with E-state index in [1.54, 1.807) is 49.4 Å². The van der Waals surface area contributed by atoms with E-state index in [4.69, 9.17) is 5.11 Å². The predicted octanol–water partition coefficient (Wildman–Crippen LogP) is 3.09. The van der Waals surface area contributed by atoms with E-state index in [9.17, 15) is 15.0 Å². The molecule has 3 N–H and O–H groups in total. The molecule has 0 saturated carbocycles. The Bertz CT molecular complexity index is 668. The first-order valence-corrected chi connectivity index (χ1v) is 6.93. The van der Waals surface area contributed by atoms with E-state index >= 15 is 0 Å². The van der Waals surface area contributed by atoms with Gasteiger partial charge in [-0.15, -0.1) is 0 Å². The molecular formula is C18H18O4. The van der Waals surface area contributed by atoms with E-state index in [2.05, 4.69) is 0 Å². The molecular weight excluding hydrogens is 280 g/mol. The zero-order chi connectivity index (χ0) is 16.2. The maximum Gasteiger partial charge on any atom is 0.328 e. The molecule has 0 spiro atoms. The fourth-order valence-corrected chi connectivity index (χ4v) is 2.60. The number of allylic oxidation sites excluding steroid dienone is 4. The predicted molar refractivity (Wildman–Crippen MR) is 84.2 cm³/mol. The molecule has 0 amide bonds. The molecule has 114 valence electrons. The normalized spacial score (nSPS) is 25.3. The molecule has 1 aliphatic carbocycles. The average Bonchev–Trinajstić information content (AvgIpc) is 2.52. The lowest BCUT2D eigenvalue weighted by Crippen LogP contribution is -2.38. The van der Waals surface area contributed by atoms with Crippen LogP contribution >= 0.6 is 0 Å². The van der Waals surface area contributed by atoms with Gasteiger partial charge in [-0.05, 0) is 24.1 Å². The van der Waals surface area contributed by atoms with Gasteiger partial charge in [0, 0.05) is 12.0 Å². The third-order valence-corrected chi connectivity index (χ3v) is 3.65. The summed E-state index contributed by atoms with van der Waals surface area (Å²) < 4.78 is 0. The summed E-state index contributed by atoms with van der Waals surface area (Å²) in [4.78, 5) is 10.7. The third kappa shape index (κ3) is 2.87. The highest BCUT2D eigenvalue weighted by atomic mass is 16.4. The van der Waals surface area contributed by atoms with Gasteiger partial charge in [0.25, 0.3) is 0 Å². The van der Waals surface area contributed by atoms with Gasteiger partial charge in [0.05, 0.1) is 0 Å². The smallest absolute Gasteiger partial charge is 0.328 e. The van der Waals surface area contributed by atoms with Crippen LogP contribution in [-0.2, 0) is 10.4 Å². The number of carboxylic acids is 1. The van der Waals surface area contributed by atoms with Gasteiger partial charge in [0.15, 0.2) is 5.60 Å². The van der Waals surface area contributed by atoms with Crippen molar-refractivity contribution in [2.45, 2.75) is 12.5 Å². The van der Waals surface area contributed by atoms with Crippen molar-refractivity contribution >= 4 is 5.97 Å². The third-order valence-electron chi connectivity index (χ3n) is 3.65. The fourth-order valence-electron chi connectivity index (χ4n) is 2.60. The SMILES string of the molecule is CC=CC1C(C=CC(=O)O)=CC=C(O)C1(O)c1ccccc1. The number of rotatable bonds is 4. The van der Waals surface area contributed by atoms with Crippen LogP contribution in [0.1, 0.15) is 12.5 Å². The first kappa shape index (κ1) is 15.8. The summed E-state index contributed by atoms with van der Waals surface area (Å²) in [5, 5.41) is 30.2. The number of aliphatic hydroxyl groups is 2. The molecule has 2 unspecified atom stereocenters. The molecule has 0 heterocycles. The van der Waals surface area contributed by atoms with Crippen LogP contribution in [0.2, 0.25) is 0 Å². The number of carbonyl (C=O) groups is 1. The van der Waals surface area contributed by atoms with Gasteiger partial charge in [0.1, 0.15) is 5.76 Å². The maximum atomic E-state index is 11.1. The molecule has 1 aliphatic rings. The number of carboxylic acid groups (broad SMARTS) is 1. The monoisotopic (exact) mass is 298 g/mol. The van der Waals surface area contributed by atoms with Crippen LogP contribution in [0.25, 0.3) is 0 Å². The van der Waals surface area contributed by atoms with Crippen LogP contribution in [0.4, 0.5) is 0 Å². The molecule has 4 nitrogen and oxygen atoms in total. The lowest BCUT2D eigenvalue weighted by Gasteiger charge is -2.37. The maximum absolute atomic E-state index is 11.1. The summed E-state index contributed by atoms with van der Waals surface area (Å²) in [5.74, 6) is -1.82. The molecule has 2 rings (SSSR count). The second kappa shape index (κ2) is 6.45. The van der Waals surface area contributed by atoms with Crippen molar-refractivity contribution in [3.8, 4) is 0 Å². The number of aliphatic hydroxyl groups excluding tert-OH is 1. The van der Waals surface area contributed by atoms with Crippen molar-refractivity contribution in [3.05, 3.63) is 83.7 Å². The lowest BCUT2D eigenvalue weighted by molar-refractivity contribution is -0.131. The van der Waals surface area contributed by atoms with E-state index in [1.165, 1.54) is 12.2 Å². The minimum Gasteiger partial charge on any atom is -0.509 e. The topological polar surface area (TPSA) is 77.8 Å². The summed E-state index contributed by atoms with van der Waals surface area (Å²) in [6.45, 7) is 1.80. The minimum atomic E-state index is -1.62. The lowest BCUT2D eigenvalue weighted by atomic mass is 9.72. The number of benzene rings is 1. The van der Waals surface area contributed by atoms with Crippen molar-refractivity contribution < 1.29 is 20.1 Å². The van der Waals surface area contributed by atoms with Gasteiger partial charge >= 0.3 is 5.97 Å². The molecule has 4 heteroatoms. The largest absolute Gasteiger partial charge is 0.509 e. The van der Waals surface area contributed by atoms with Gasteiger partial charge in [-0.2, -0.15) is 0 Å². The summed E-state index contributed by atoms with van der Waals surface area (Å²) in [5.41, 5.74) is -0.480. The van der Waals surface area contributed by atoms with E-state index in [1.807, 2.05) is 6.07 Å². The summed E-state index contributed by atoms with van der Waals surface area (Å²) in [6, 6.07) is 8.83. The van der Waals surface area contributed by atoms with Crippen LogP contribution in [0.3, 0.4) is 0 Å². The van der Waals surface area contributed by atoms with Gasteiger partial charge in [0.2, 0.25) is 0 Å². The molecule has 0 radical (unpaired) electrons. The minimum absolute atomic E-state index is 0.172. The van der Waals surface area contributed by atoms with Gasteiger partial charge < -0.3 is 15.3 Å². The molecule has 1 aromatic carbocycles. The fraction of sp³-hybridized carbons (Fsp3) is 0.167. The Morgan fingerprint density at radius 3 is 2.50 bits per heavy atom. The Kier molecular flexibility index (Phi) is 4.63. The second-order valence-electron chi connectivity index (χ2n) is 5.03. The Hall–Kier alpha value is -2.59. The summed E-state index contributed by atoms with van der Waals surface area (Å²) >= 11 is 0. The average molecular weight is 298 g/mol. The van der Waals surface area contributed by atoms with Crippen molar-refractivity contribution in [1.82, 2.24) is 0 Å². The number of hydrogen-bond acceptors (Lipinski definition) is 3. The number of aliphatic carboxylic acids is 1. The first-order valence-electron chi connectivity index (χ1n) is 6.93. The zero-order valence-corrected chi connectivity index (χ0v) is 12.2. The van der Waals surface area contributed by atoms with E-state index in [-0.39, 0.29) is 5.76 Å². The Morgan fingerprint density at radius 1 is 1.23 bits per heavy atom. The van der Waals surface area contributed by atoms with Crippen LogP contribution < -0.4 is 0 Å². The second-order valence-corrected chi connectivity index (χ2v) is 5.03. The van der Waals surface area contributed by atoms with Crippen LogP contribution in [-0.4, -0.2) is 21.3 Å².